The number of aliphatic carboxylic acids is 2. The maximum Gasteiger partial charge on any atom is 0.335 e. The van der Waals surface area contributed by atoms with Crippen molar-refractivity contribution in [3.63, 3.8) is 0 Å². The Balaban J connectivity index is 0.000000361. The molecule has 0 aliphatic carbocycles. The highest BCUT2D eigenvalue weighted by molar-refractivity contribution is 5.83. The maximum absolute atomic E-state index is 9.77. The number of carboxylic acid groups (broad SMARTS) is 2. The zero-order valence-corrected chi connectivity index (χ0v) is 10.5. The Morgan fingerprint density at radius 1 is 1.05 bits per heavy atom. The zero-order chi connectivity index (χ0) is 15.9. The van der Waals surface area contributed by atoms with Crippen molar-refractivity contribution in [2.75, 3.05) is 19.7 Å². The van der Waals surface area contributed by atoms with Gasteiger partial charge in [-0.25, -0.2) is 9.59 Å². The fraction of sp³-hybridized carbons (Fsp3) is 0.800. The minimum absolute atomic E-state index is 0.0781. The standard InChI is InChI=1S/C6H13NO3.C4H6O6/c8-3-4-1-7-2-5(9)6(4)10;5-1(3(7)8)2(6)4(9)10/h4-10H,1-3H2;1-2,5-6H,(H,7,8)(H,9,10)/t4-,5-,6-;1-,2-/m11/s1. The fourth-order valence-electron chi connectivity index (χ4n) is 1.41. The van der Waals surface area contributed by atoms with Gasteiger partial charge in [-0.1, -0.05) is 0 Å². The first-order chi connectivity index (χ1) is 9.22. The van der Waals surface area contributed by atoms with Gasteiger partial charge in [-0.05, 0) is 0 Å². The summed E-state index contributed by atoms with van der Waals surface area (Å²) in [4.78, 5) is 19.5. The second-order valence-electron chi connectivity index (χ2n) is 4.22. The van der Waals surface area contributed by atoms with Crippen molar-refractivity contribution in [3.05, 3.63) is 0 Å². The monoisotopic (exact) mass is 297 g/mol. The van der Waals surface area contributed by atoms with Gasteiger partial charge in [0, 0.05) is 25.6 Å². The van der Waals surface area contributed by atoms with E-state index in [0.717, 1.165) is 0 Å². The van der Waals surface area contributed by atoms with Crippen LogP contribution >= 0.6 is 0 Å². The summed E-state index contributed by atoms with van der Waals surface area (Å²) < 4.78 is 0. The molecule has 1 rings (SSSR count). The first-order valence-electron chi connectivity index (χ1n) is 5.71. The average molecular weight is 297 g/mol. The van der Waals surface area contributed by atoms with E-state index in [-0.39, 0.29) is 12.5 Å². The van der Waals surface area contributed by atoms with Gasteiger partial charge in [-0.15, -0.1) is 0 Å². The molecule has 1 heterocycles. The summed E-state index contributed by atoms with van der Waals surface area (Å²) in [7, 11) is 0. The van der Waals surface area contributed by atoms with Crippen LogP contribution < -0.4 is 5.32 Å². The van der Waals surface area contributed by atoms with Gasteiger partial charge in [-0.3, -0.25) is 0 Å². The molecule has 118 valence electrons. The SMILES string of the molecule is O=C(O)[C@H](O)[C@@H](O)C(=O)O.OC[C@H]1CNC[C@@H](O)[C@@H]1O. The molecule has 10 nitrogen and oxygen atoms in total. The highest BCUT2D eigenvalue weighted by atomic mass is 16.4. The van der Waals surface area contributed by atoms with Gasteiger partial charge in [0.1, 0.15) is 0 Å². The van der Waals surface area contributed by atoms with Crippen LogP contribution in [0.5, 0.6) is 0 Å². The molecule has 0 aromatic carbocycles. The van der Waals surface area contributed by atoms with E-state index in [1.807, 2.05) is 0 Å². The van der Waals surface area contributed by atoms with Crippen molar-refractivity contribution in [1.29, 1.82) is 0 Å². The van der Waals surface area contributed by atoms with Gasteiger partial charge in [-0.2, -0.15) is 0 Å². The molecule has 0 bridgehead atoms. The number of carboxylic acids is 2. The molecule has 8 N–H and O–H groups in total. The van der Waals surface area contributed by atoms with Crippen LogP contribution in [0.1, 0.15) is 0 Å². The Hall–Kier alpha value is -1.30. The molecule has 1 saturated heterocycles. The third-order valence-corrected chi connectivity index (χ3v) is 2.68. The molecule has 1 aliphatic rings. The second-order valence-corrected chi connectivity index (χ2v) is 4.22. The molecule has 5 atom stereocenters. The predicted molar refractivity (Wildman–Crippen MR) is 62.7 cm³/mol. The Kier molecular flexibility index (Phi) is 8.22. The van der Waals surface area contributed by atoms with Crippen molar-refractivity contribution in [2.45, 2.75) is 24.4 Å². The lowest BCUT2D eigenvalue weighted by atomic mass is 9.95. The lowest BCUT2D eigenvalue weighted by Crippen LogP contribution is -2.51. The Morgan fingerprint density at radius 3 is 1.80 bits per heavy atom. The van der Waals surface area contributed by atoms with Gasteiger partial charge in [0.2, 0.25) is 0 Å². The normalized spacial score (nSPS) is 28.8. The number of piperidine rings is 1. The number of hydrogen-bond acceptors (Lipinski definition) is 8. The van der Waals surface area contributed by atoms with Crippen LogP contribution in [0, 0.1) is 5.92 Å². The number of β-amino-alcohol motifs (C(OH)–C–C–N with tert-alkyl or cyclic N) is 1. The minimum atomic E-state index is -2.27. The van der Waals surface area contributed by atoms with Gasteiger partial charge in [0.25, 0.3) is 0 Å². The van der Waals surface area contributed by atoms with E-state index in [1.54, 1.807) is 0 Å². The Labute approximate surface area is 113 Å². The summed E-state index contributed by atoms with van der Waals surface area (Å²) >= 11 is 0. The quantitative estimate of drug-likeness (QED) is 0.252. The van der Waals surface area contributed by atoms with E-state index in [9.17, 15) is 14.7 Å². The Morgan fingerprint density at radius 2 is 1.50 bits per heavy atom. The molecule has 1 aliphatic heterocycles. The number of aliphatic hydroxyl groups excluding tert-OH is 5. The largest absolute Gasteiger partial charge is 0.479 e. The highest BCUT2D eigenvalue weighted by Gasteiger charge is 2.30. The summed E-state index contributed by atoms with van der Waals surface area (Å²) in [5.74, 6) is -3.76. The lowest BCUT2D eigenvalue weighted by molar-refractivity contribution is -0.165. The van der Waals surface area contributed by atoms with E-state index < -0.39 is 36.4 Å². The van der Waals surface area contributed by atoms with Crippen LogP contribution in [0.4, 0.5) is 0 Å². The topological polar surface area (TPSA) is 188 Å². The van der Waals surface area contributed by atoms with Crippen molar-refractivity contribution in [3.8, 4) is 0 Å². The van der Waals surface area contributed by atoms with E-state index in [0.29, 0.717) is 13.1 Å². The van der Waals surface area contributed by atoms with E-state index in [1.165, 1.54) is 0 Å². The molecule has 10 heteroatoms. The molecule has 1 fully saturated rings. The first-order valence-corrected chi connectivity index (χ1v) is 5.71. The molecule has 0 spiro atoms. The lowest BCUT2D eigenvalue weighted by Gasteiger charge is -2.30. The number of nitrogens with one attached hydrogen (secondary N) is 1. The van der Waals surface area contributed by atoms with E-state index >= 15 is 0 Å². The second kappa shape index (κ2) is 8.79. The van der Waals surface area contributed by atoms with Crippen LogP contribution in [0.25, 0.3) is 0 Å². The number of rotatable bonds is 4. The van der Waals surface area contributed by atoms with Crippen LogP contribution in [0.3, 0.4) is 0 Å². The third kappa shape index (κ3) is 5.77. The summed E-state index contributed by atoms with van der Waals surface area (Å²) in [6.07, 6.45) is -6.04. The van der Waals surface area contributed by atoms with Crippen molar-refractivity contribution in [1.82, 2.24) is 5.32 Å². The van der Waals surface area contributed by atoms with Gasteiger partial charge >= 0.3 is 11.9 Å². The first kappa shape index (κ1) is 18.7. The Bertz CT molecular complexity index is 306. The van der Waals surface area contributed by atoms with Gasteiger partial charge < -0.3 is 41.1 Å². The van der Waals surface area contributed by atoms with Crippen LogP contribution in [-0.4, -0.2) is 91.8 Å². The minimum Gasteiger partial charge on any atom is -0.479 e. The number of aliphatic hydroxyl groups is 5. The number of hydrogen-bond donors (Lipinski definition) is 8. The molecule has 20 heavy (non-hydrogen) atoms. The van der Waals surface area contributed by atoms with Crippen LogP contribution in [0.15, 0.2) is 0 Å². The smallest absolute Gasteiger partial charge is 0.335 e. The van der Waals surface area contributed by atoms with Crippen LogP contribution in [0.2, 0.25) is 0 Å². The molecule has 0 aromatic heterocycles. The summed E-state index contributed by atoms with van der Waals surface area (Å²) in [5.41, 5.74) is 0. The highest BCUT2D eigenvalue weighted by Crippen LogP contribution is 2.10. The van der Waals surface area contributed by atoms with Gasteiger partial charge in [0.05, 0.1) is 12.2 Å². The van der Waals surface area contributed by atoms with Crippen molar-refractivity contribution < 1.29 is 45.3 Å². The average Bonchev–Trinajstić information content (AvgIpc) is 2.40. The summed E-state index contributed by atoms with van der Waals surface area (Å²) in [6, 6.07) is 0. The fourth-order valence-corrected chi connectivity index (χ4v) is 1.41. The van der Waals surface area contributed by atoms with Crippen molar-refractivity contribution >= 4 is 11.9 Å². The molecular weight excluding hydrogens is 278 g/mol. The van der Waals surface area contributed by atoms with E-state index in [4.69, 9.17) is 30.6 Å². The van der Waals surface area contributed by atoms with Crippen molar-refractivity contribution in [2.24, 2.45) is 5.92 Å². The van der Waals surface area contributed by atoms with Crippen LogP contribution in [-0.2, 0) is 9.59 Å². The molecule has 0 saturated carbocycles. The molecule has 0 amide bonds. The maximum atomic E-state index is 9.77. The molecule has 0 radical (unpaired) electrons. The molecular formula is C10H19NO9. The predicted octanol–water partition coefficient (Wildman–Crippen LogP) is -4.20. The summed E-state index contributed by atoms with van der Waals surface area (Å²) in [5, 5.41) is 62.3. The molecule has 0 unspecified atom stereocenters. The number of carbonyl (C=O) groups is 2. The van der Waals surface area contributed by atoms with Gasteiger partial charge in [0.15, 0.2) is 12.2 Å². The zero-order valence-electron chi connectivity index (χ0n) is 10.5. The molecule has 0 aromatic rings. The summed E-state index contributed by atoms with van der Waals surface area (Å²) in [6.45, 7) is 0.914. The van der Waals surface area contributed by atoms with E-state index in [2.05, 4.69) is 5.32 Å². The third-order valence-electron chi connectivity index (χ3n) is 2.68.